The van der Waals surface area contributed by atoms with Crippen molar-refractivity contribution in [3.8, 4) is 0 Å². The molecule has 0 heterocycles. The van der Waals surface area contributed by atoms with Crippen LogP contribution < -0.4 is 16.4 Å². The molecule has 0 fully saturated rings. The minimum absolute atomic E-state index is 0.210. The van der Waals surface area contributed by atoms with Crippen LogP contribution in [0, 0.1) is 5.92 Å². The third-order valence-electron chi connectivity index (χ3n) is 3.23. The second-order valence-electron chi connectivity index (χ2n) is 5.61. The summed E-state index contributed by atoms with van der Waals surface area (Å²) in [6.07, 6.45) is -1.25. The monoisotopic (exact) mass is 369 g/mol. The minimum Gasteiger partial charge on any atom is -0.451 e. The van der Waals surface area contributed by atoms with Gasteiger partial charge in [0.15, 0.2) is 6.10 Å². The maximum atomic E-state index is 12.3. The van der Waals surface area contributed by atoms with E-state index in [2.05, 4.69) is 5.32 Å². The molecule has 8 nitrogen and oxygen atoms in total. The molecule has 0 saturated heterocycles. The number of hydrogen-bond donors (Lipinski definition) is 3. The summed E-state index contributed by atoms with van der Waals surface area (Å²) in [6, 6.07) is 4.32. The zero-order chi connectivity index (χ0) is 19.1. The third kappa shape index (κ3) is 6.07. The molecule has 4 amide bonds. The average molecular weight is 370 g/mol. The zero-order valence-corrected chi connectivity index (χ0v) is 14.8. The van der Waals surface area contributed by atoms with Gasteiger partial charge < -0.3 is 15.8 Å². The minimum atomic E-state index is -1.25. The summed E-state index contributed by atoms with van der Waals surface area (Å²) in [5.41, 5.74) is 5.04. The Bertz CT molecular complexity index is 677. The summed E-state index contributed by atoms with van der Waals surface area (Å²) in [5.74, 6) is -2.54. The van der Waals surface area contributed by atoms with Gasteiger partial charge >= 0.3 is 12.0 Å². The normalized spacial score (nSPS) is 12.8. The van der Waals surface area contributed by atoms with Gasteiger partial charge in [0.1, 0.15) is 6.04 Å². The number of esters is 1. The molecule has 0 radical (unpaired) electrons. The largest absolute Gasteiger partial charge is 0.451 e. The van der Waals surface area contributed by atoms with Gasteiger partial charge in [0.05, 0.1) is 10.6 Å². The summed E-state index contributed by atoms with van der Waals surface area (Å²) < 4.78 is 5.00. The van der Waals surface area contributed by atoms with Crippen molar-refractivity contribution < 1.29 is 23.9 Å². The predicted molar refractivity (Wildman–Crippen MR) is 90.8 cm³/mol. The Morgan fingerprint density at radius 1 is 1.12 bits per heavy atom. The fraction of sp³-hybridized carbons (Fsp3) is 0.375. The van der Waals surface area contributed by atoms with Crippen molar-refractivity contribution in [3.63, 3.8) is 0 Å². The number of benzene rings is 1. The molecule has 2 atom stereocenters. The van der Waals surface area contributed by atoms with E-state index in [0.29, 0.717) is 0 Å². The number of imide groups is 1. The van der Waals surface area contributed by atoms with Gasteiger partial charge in [0.2, 0.25) is 0 Å². The van der Waals surface area contributed by atoms with Gasteiger partial charge in [-0.05, 0) is 25.0 Å². The van der Waals surface area contributed by atoms with Gasteiger partial charge in [-0.25, -0.2) is 9.59 Å². The molecule has 1 aromatic rings. The molecule has 0 aromatic heterocycles. The quantitative estimate of drug-likeness (QED) is 0.649. The van der Waals surface area contributed by atoms with E-state index in [1.807, 2.05) is 5.32 Å². The third-order valence-corrected chi connectivity index (χ3v) is 3.56. The first-order chi connectivity index (χ1) is 11.6. The average Bonchev–Trinajstić information content (AvgIpc) is 2.51. The maximum absolute atomic E-state index is 12.3. The Kier molecular flexibility index (Phi) is 7.38. The summed E-state index contributed by atoms with van der Waals surface area (Å²) in [5, 5.41) is 4.59. The lowest BCUT2D eigenvalue weighted by molar-refractivity contribution is -0.157. The van der Waals surface area contributed by atoms with E-state index in [1.54, 1.807) is 32.0 Å². The van der Waals surface area contributed by atoms with Crippen molar-refractivity contribution in [3.05, 3.63) is 34.9 Å². The molecule has 25 heavy (non-hydrogen) atoms. The Morgan fingerprint density at radius 3 is 2.24 bits per heavy atom. The second-order valence-corrected chi connectivity index (χ2v) is 6.01. The van der Waals surface area contributed by atoms with E-state index in [0.717, 1.165) is 0 Å². The SMILES string of the molecule is CC(C)[C@H](NC(=O)c1ccccc1Cl)C(=O)O[C@H](C)C(=O)NC(N)=O. The standard InChI is InChI=1S/C16H20ClN3O5/c1-8(2)12(15(23)25-9(3)13(21)20-16(18)24)19-14(22)10-6-4-5-7-11(10)17/h4-9,12H,1-3H3,(H,19,22)(H3,18,20,21,24)/t9-,12+/m1/s1. The van der Waals surface area contributed by atoms with E-state index in [4.69, 9.17) is 22.1 Å². The molecule has 9 heteroatoms. The highest BCUT2D eigenvalue weighted by Gasteiger charge is 2.29. The topological polar surface area (TPSA) is 128 Å². The first-order valence-electron chi connectivity index (χ1n) is 7.49. The smallest absolute Gasteiger partial charge is 0.329 e. The summed E-state index contributed by atoms with van der Waals surface area (Å²) in [6.45, 7) is 4.68. The first-order valence-corrected chi connectivity index (χ1v) is 7.87. The van der Waals surface area contributed by atoms with Crippen LogP contribution in [-0.2, 0) is 14.3 Å². The number of carbonyl (C=O) groups is 4. The van der Waals surface area contributed by atoms with Crippen LogP contribution in [0.25, 0.3) is 0 Å². The molecule has 0 aliphatic carbocycles. The van der Waals surface area contributed by atoms with E-state index < -0.39 is 36.0 Å². The van der Waals surface area contributed by atoms with Gasteiger partial charge in [-0.2, -0.15) is 0 Å². The van der Waals surface area contributed by atoms with Crippen molar-refractivity contribution in [1.29, 1.82) is 0 Å². The van der Waals surface area contributed by atoms with Gasteiger partial charge in [-0.15, -0.1) is 0 Å². The summed E-state index contributed by atoms with van der Waals surface area (Å²) in [7, 11) is 0. The van der Waals surface area contributed by atoms with E-state index in [9.17, 15) is 19.2 Å². The lowest BCUT2D eigenvalue weighted by Gasteiger charge is -2.23. The summed E-state index contributed by atoms with van der Waals surface area (Å²) >= 11 is 5.96. The van der Waals surface area contributed by atoms with Crippen LogP contribution in [0.5, 0.6) is 0 Å². The Morgan fingerprint density at radius 2 is 1.72 bits per heavy atom. The number of rotatable bonds is 6. The van der Waals surface area contributed by atoms with Crippen molar-refractivity contribution in [2.75, 3.05) is 0 Å². The molecule has 0 unspecified atom stereocenters. The van der Waals surface area contributed by atoms with Gasteiger partial charge in [0.25, 0.3) is 11.8 Å². The second kappa shape index (κ2) is 9.03. The number of carbonyl (C=O) groups excluding carboxylic acids is 4. The molecule has 136 valence electrons. The number of hydrogen-bond acceptors (Lipinski definition) is 5. The highest BCUT2D eigenvalue weighted by atomic mass is 35.5. The number of primary amides is 1. The van der Waals surface area contributed by atoms with Crippen LogP contribution >= 0.6 is 11.6 Å². The first kappa shape index (κ1) is 20.4. The lowest BCUT2D eigenvalue weighted by Crippen LogP contribution is -2.48. The molecule has 0 saturated carbocycles. The van der Waals surface area contributed by atoms with Crippen LogP contribution in [-0.4, -0.2) is 36.0 Å². The summed E-state index contributed by atoms with van der Waals surface area (Å²) in [4.78, 5) is 46.8. The predicted octanol–water partition coefficient (Wildman–Crippen LogP) is 1.22. The van der Waals surface area contributed by atoms with Crippen LogP contribution in [0.1, 0.15) is 31.1 Å². The molecule has 1 aromatic carbocycles. The highest BCUT2D eigenvalue weighted by Crippen LogP contribution is 2.16. The Balaban J connectivity index is 2.81. The molecule has 1 rings (SSSR count). The molecular formula is C16H20ClN3O5. The Hall–Kier alpha value is -2.61. The molecule has 4 N–H and O–H groups in total. The van der Waals surface area contributed by atoms with E-state index >= 15 is 0 Å². The molecular weight excluding hydrogens is 350 g/mol. The van der Waals surface area contributed by atoms with E-state index in [-0.39, 0.29) is 16.5 Å². The fourth-order valence-electron chi connectivity index (χ4n) is 1.89. The molecule has 0 aliphatic rings. The van der Waals surface area contributed by atoms with Crippen molar-refractivity contribution in [1.82, 2.24) is 10.6 Å². The van der Waals surface area contributed by atoms with Crippen LogP contribution in [0.4, 0.5) is 4.79 Å². The fourth-order valence-corrected chi connectivity index (χ4v) is 2.11. The lowest BCUT2D eigenvalue weighted by atomic mass is 10.0. The van der Waals surface area contributed by atoms with Crippen molar-refractivity contribution >= 4 is 35.4 Å². The number of amides is 4. The van der Waals surface area contributed by atoms with Crippen molar-refractivity contribution in [2.24, 2.45) is 11.7 Å². The van der Waals surface area contributed by atoms with Gasteiger partial charge in [-0.3, -0.25) is 14.9 Å². The molecule has 0 bridgehead atoms. The van der Waals surface area contributed by atoms with Crippen molar-refractivity contribution in [2.45, 2.75) is 32.9 Å². The van der Waals surface area contributed by atoms with E-state index in [1.165, 1.54) is 13.0 Å². The number of nitrogens with two attached hydrogens (primary N) is 1. The zero-order valence-electron chi connectivity index (χ0n) is 14.0. The van der Waals surface area contributed by atoms with Gasteiger partial charge in [-0.1, -0.05) is 37.6 Å². The number of nitrogens with one attached hydrogen (secondary N) is 2. The number of urea groups is 1. The van der Waals surface area contributed by atoms with Crippen LogP contribution in [0.15, 0.2) is 24.3 Å². The van der Waals surface area contributed by atoms with Crippen LogP contribution in [0.2, 0.25) is 5.02 Å². The molecule has 0 spiro atoms. The Labute approximate surface area is 150 Å². The maximum Gasteiger partial charge on any atom is 0.329 e. The number of ether oxygens (including phenoxy) is 1. The number of halogens is 1. The van der Waals surface area contributed by atoms with Gasteiger partial charge in [0, 0.05) is 0 Å². The van der Waals surface area contributed by atoms with Crippen LogP contribution in [0.3, 0.4) is 0 Å². The highest BCUT2D eigenvalue weighted by molar-refractivity contribution is 6.33. The molecule has 0 aliphatic heterocycles.